The van der Waals surface area contributed by atoms with Gasteiger partial charge in [0.25, 0.3) is 0 Å². The first-order valence-electron chi connectivity index (χ1n) is 7.14. The van der Waals surface area contributed by atoms with E-state index in [-0.39, 0.29) is 12.3 Å². The Morgan fingerprint density at radius 1 is 1.38 bits per heavy atom. The first-order valence-corrected chi connectivity index (χ1v) is 8.96. The smallest absolute Gasteiger partial charge is 0.342 e. The molecule has 1 aliphatic rings. The van der Waals surface area contributed by atoms with Crippen molar-refractivity contribution in [3.8, 4) is 5.75 Å². The number of methoxy groups -OCH3 is 1. The molecule has 0 saturated carbocycles. The Labute approximate surface area is 145 Å². The molecule has 0 radical (unpaired) electrons. The van der Waals surface area contributed by atoms with Gasteiger partial charge in [-0.2, -0.15) is 8.42 Å². The van der Waals surface area contributed by atoms with E-state index < -0.39 is 10.2 Å². The Hall–Kier alpha value is -2.06. The third-order valence-electron chi connectivity index (χ3n) is 3.47. The van der Waals surface area contributed by atoms with Crippen LogP contribution in [0, 0.1) is 0 Å². The van der Waals surface area contributed by atoms with E-state index in [0.717, 1.165) is 0 Å². The Morgan fingerprint density at radius 3 is 2.67 bits per heavy atom. The minimum Gasteiger partial charge on any atom is -0.495 e. The number of hydrogen-bond acceptors (Lipinski definition) is 4. The molecule has 9 heteroatoms. The van der Waals surface area contributed by atoms with Gasteiger partial charge in [-0.3, -0.25) is 9.52 Å². The highest BCUT2D eigenvalue weighted by Crippen LogP contribution is 2.27. The zero-order valence-corrected chi connectivity index (χ0v) is 15.1. The van der Waals surface area contributed by atoms with Crippen LogP contribution in [0.25, 0.3) is 0 Å². The average molecular weight is 372 g/mol. The lowest BCUT2D eigenvalue weighted by Crippen LogP contribution is -2.28. The van der Waals surface area contributed by atoms with Crippen molar-refractivity contribution >= 4 is 39.1 Å². The van der Waals surface area contributed by atoms with E-state index in [2.05, 4.69) is 14.4 Å². The second-order valence-corrected chi connectivity index (χ2v) is 7.00. The standard InChI is InChI=1S/C15H18ClN3O4S/c1-9-12(10(2)19-24(21,22)18-9)5-7-15(20)17-11-4-6-14(23-3)13(16)8-11/h4,6,8,18H,5,7H2,1-3H3,(H,17,20). The predicted molar refractivity (Wildman–Crippen MR) is 93.7 cm³/mol. The maximum atomic E-state index is 12.1. The van der Waals surface area contributed by atoms with E-state index in [0.29, 0.717) is 39.9 Å². The largest absolute Gasteiger partial charge is 0.495 e. The molecule has 130 valence electrons. The molecule has 1 amide bonds. The van der Waals surface area contributed by atoms with Crippen molar-refractivity contribution in [2.24, 2.45) is 4.40 Å². The number of carbonyl (C=O) groups excluding carboxylic acids is 1. The van der Waals surface area contributed by atoms with E-state index in [9.17, 15) is 13.2 Å². The molecule has 1 heterocycles. The van der Waals surface area contributed by atoms with Crippen LogP contribution in [0.4, 0.5) is 5.69 Å². The van der Waals surface area contributed by atoms with Crippen molar-refractivity contribution in [1.29, 1.82) is 0 Å². The summed E-state index contributed by atoms with van der Waals surface area (Å²) in [5, 5.41) is 3.14. The highest BCUT2D eigenvalue weighted by molar-refractivity contribution is 7.88. The predicted octanol–water partition coefficient (Wildman–Crippen LogP) is 2.65. The van der Waals surface area contributed by atoms with Crippen molar-refractivity contribution in [2.75, 3.05) is 12.4 Å². The van der Waals surface area contributed by atoms with Crippen LogP contribution in [0.5, 0.6) is 5.75 Å². The first kappa shape index (κ1) is 18.3. The molecule has 24 heavy (non-hydrogen) atoms. The van der Waals surface area contributed by atoms with Gasteiger partial charge in [0.2, 0.25) is 5.91 Å². The average Bonchev–Trinajstić information content (AvgIpc) is 2.45. The first-order chi connectivity index (χ1) is 11.2. The summed E-state index contributed by atoms with van der Waals surface area (Å²) in [7, 11) is -2.15. The van der Waals surface area contributed by atoms with Crippen molar-refractivity contribution < 1.29 is 17.9 Å². The minimum atomic E-state index is -3.66. The number of nitrogens with zero attached hydrogens (tertiary/aromatic N) is 1. The lowest BCUT2D eigenvalue weighted by atomic mass is 10.0. The zero-order chi connectivity index (χ0) is 17.9. The maximum Gasteiger partial charge on any atom is 0.342 e. The fourth-order valence-corrected chi connectivity index (χ4v) is 3.64. The molecule has 0 aliphatic carbocycles. The van der Waals surface area contributed by atoms with E-state index in [4.69, 9.17) is 16.3 Å². The number of rotatable bonds is 5. The van der Waals surface area contributed by atoms with Gasteiger partial charge in [0.15, 0.2) is 0 Å². The second kappa shape index (κ2) is 7.23. The van der Waals surface area contributed by atoms with Gasteiger partial charge in [0, 0.05) is 17.8 Å². The summed E-state index contributed by atoms with van der Waals surface area (Å²) in [5.74, 6) is 0.314. The van der Waals surface area contributed by atoms with Crippen LogP contribution in [0.3, 0.4) is 0 Å². The number of anilines is 1. The Kier molecular flexibility index (Phi) is 5.51. The van der Waals surface area contributed by atoms with Crippen LogP contribution in [0.15, 0.2) is 33.9 Å². The summed E-state index contributed by atoms with van der Waals surface area (Å²) in [6.45, 7) is 3.25. The van der Waals surface area contributed by atoms with Crippen LogP contribution in [-0.2, 0) is 15.0 Å². The third kappa shape index (κ3) is 4.48. The normalized spacial score (nSPS) is 16.2. The summed E-state index contributed by atoms with van der Waals surface area (Å²) in [5.41, 5.74) is 2.16. The highest BCUT2D eigenvalue weighted by atomic mass is 35.5. The maximum absolute atomic E-state index is 12.1. The molecule has 2 N–H and O–H groups in total. The molecule has 1 aromatic rings. The molecule has 1 aromatic carbocycles. The zero-order valence-electron chi connectivity index (χ0n) is 13.5. The molecule has 0 unspecified atom stereocenters. The molecule has 7 nitrogen and oxygen atoms in total. The number of hydrogen-bond donors (Lipinski definition) is 2. The number of allylic oxidation sites excluding steroid dienone is 2. The molecule has 0 bridgehead atoms. The van der Waals surface area contributed by atoms with E-state index >= 15 is 0 Å². The molecule has 0 atom stereocenters. The van der Waals surface area contributed by atoms with E-state index in [1.807, 2.05) is 0 Å². The van der Waals surface area contributed by atoms with Crippen LogP contribution in [0.1, 0.15) is 26.7 Å². The van der Waals surface area contributed by atoms with Gasteiger partial charge < -0.3 is 10.1 Å². The van der Waals surface area contributed by atoms with Gasteiger partial charge in [-0.25, -0.2) is 0 Å². The van der Waals surface area contributed by atoms with Gasteiger partial charge in [-0.15, -0.1) is 4.40 Å². The van der Waals surface area contributed by atoms with Crippen molar-refractivity contribution in [2.45, 2.75) is 26.7 Å². The summed E-state index contributed by atoms with van der Waals surface area (Å²) in [6, 6.07) is 4.95. The lowest BCUT2D eigenvalue weighted by molar-refractivity contribution is -0.116. The topological polar surface area (TPSA) is 96.9 Å². The Morgan fingerprint density at radius 2 is 2.08 bits per heavy atom. The SMILES string of the molecule is COc1ccc(NC(=O)CCC2=C(C)NS(=O)(=O)N=C2C)cc1Cl. The summed E-state index contributed by atoms with van der Waals surface area (Å²) in [4.78, 5) is 12.1. The summed E-state index contributed by atoms with van der Waals surface area (Å²) < 4.78 is 33.9. The van der Waals surface area contributed by atoms with Crippen molar-refractivity contribution in [3.63, 3.8) is 0 Å². The van der Waals surface area contributed by atoms with Gasteiger partial charge in [0.05, 0.1) is 17.8 Å². The number of benzene rings is 1. The summed E-state index contributed by atoms with van der Waals surface area (Å²) >= 11 is 6.01. The number of halogens is 1. The monoisotopic (exact) mass is 371 g/mol. The Bertz CT molecular complexity index is 831. The molecule has 0 fully saturated rings. The second-order valence-electron chi connectivity index (χ2n) is 5.25. The van der Waals surface area contributed by atoms with E-state index in [1.165, 1.54) is 7.11 Å². The van der Waals surface area contributed by atoms with Crippen LogP contribution < -0.4 is 14.8 Å². The molecule has 0 saturated heterocycles. The number of ether oxygens (including phenoxy) is 1. The van der Waals surface area contributed by atoms with Crippen molar-refractivity contribution in [3.05, 3.63) is 34.5 Å². The van der Waals surface area contributed by atoms with Crippen molar-refractivity contribution in [1.82, 2.24) is 4.72 Å². The number of nitrogens with one attached hydrogen (secondary N) is 2. The fraction of sp³-hybridized carbons (Fsp3) is 0.333. The number of amides is 1. The van der Waals surface area contributed by atoms with Gasteiger partial charge in [0.1, 0.15) is 5.75 Å². The molecule has 0 spiro atoms. The van der Waals surface area contributed by atoms with Crippen LogP contribution in [-0.4, -0.2) is 27.1 Å². The van der Waals surface area contributed by atoms with Gasteiger partial charge in [-0.1, -0.05) is 11.6 Å². The van der Waals surface area contributed by atoms with Crippen LogP contribution >= 0.6 is 11.6 Å². The quantitative estimate of drug-likeness (QED) is 0.831. The third-order valence-corrected chi connectivity index (χ3v) is 4.84. The fourth-order valence-electron chi connectivity index (χ4n) is 2.36. The number of carbonyl (C=O) groups is 1. The van der Waals surface area contributed by atoms with Gasteiger partial charge in [-0.05, 0) is 44.0 Å². The van der Waals surface area contributed by atoms with Gasteiger partial charge >= 0.3 is 10.2 Å². The Balaban J connectivity index is 1.99. The molecular weight excluding hydrogens is 354 g/mol. The molecule has 1 aliphatic heterocycles. The molecular formula is C15H18ClN3O4S. The highest BCUT2D eigenvalue weighted by Gasteiger charge is 2.20. The molecule has 0 aromatic heterocycles. The minimum absolute atomic E-state index is 0.185. The lowest BCUT2D eigenvalue weighted by Gasteiger charge is -2.17. The van der Waals surface area contributed by atoms with Crippen LogP contribution in [0.2, 0.25) is 5.02 Å². The van der Waals surface area contributed by atoms with E-state index in [1.54, 1.807) is 32.0 Å². The molecule has 2 rings (SSSR count). The summed E-state index contributed by atoms with van der Waals surface area (Å²) in [6.07, 6.45) is 0.560.